The predicted octanol–water partition coefficient (Wildman–Crippen LogP) is 1.89. The van der Waals surface area contributed by atoms with Gasteiger partial charge in [0.15, 0.2) is 0 Å². The van der Waals surface area contributed by atoms with Crippen LogP contribution >= 0.6 is 12.4 Å². The highest BCUT2D eigenvalue weighted by atomic mass is 35.5. The molecule has 7 nitrogen and oxygen atoms in total. The zero-order valence-electron chi connectivity index (χ0n) is 9.16. The van der Waals surface area contributed by atoms with Crippen molar-refractivity contribution in [3.05, 3.63) is 33.9 Å². The van der Waals surface area contributed by atoms with E-state index < -0.39 is 17.1 Å². The largest absolute Gasteiger partial charge is 0.508 e. The van der Waals surface area contributed by atoms with Crippen molar-refractivity contribution in [2.24, 2.45) is 0 Å². The van der Waals surface area contributed by atoms with Crippen molar-refractivity contribution in [1.29, 1.82) is 0 Å². The van der Waals surface area contributed by atoms with Crippen LogP contribution in [0.25, 0.3) is 0 Å². The molecule has 1 aliphatic heterocycles. The van der Waals surface area contributed by atoms with Crippen LogP contribution in [0.3, 0.4) is 0 Å². The van der Waals surface area contributed by atoms with Crippen LogP contribution in [0.5, 0.6) is 5.75 Å². The predicted molar refractivity (Wildman–Crippen MR) is 63.9 cm³/mol. The first-order chi connectivity index (χ1) is 8.08. The number of hydrogen-bond acceptors (Lipinski definition) is 5. The molecule has 1 atom stereocenters. The molecular formula is C10H11ClN2O5. The highest BCUT2D eigenvalue weighted by Crippen LogP contribution is 2.31. The second-order valence-corrected chi connectivity index (χ2v) is 3.62. The molecule has 1 fully saturated rings. The van der Waals surface area contributed by atoms with Crippen LogP contribution in [0.15, 0.2) is 18.2 Å². The Morgan fingerprint density at radius 3 is 2.83 bits per heavy atom. The Balaban J connectivity index is 0.00000162. The maximum Gasteiger partial charge on any atom is 0.407 e. The minimum Gasteiger partial charge on any atom is -0.508 e. The fourth-order valence-corrected chi connectivity index (χ4v) is 1.75. The summed E-state index contributed by atoms with van der Waals surface area (Å²) >= 11 is 0. The van der Waals surface area contributed by atoms with E-state index in [1.54, 1.807) is 0 Å². The van der Waals surface area contributed by atoms with E-state index in [1.807, 2.05) is 0 Å². The summed E-state index contributed by atoms with van der Waals surface area (Å²) in [6.45, 7) is 0.198. The molecule has 1 aromatic rings. The molecule has 1 aliphatic rings. The van der Waals surface area contributed by atoms with Gasteiger partial charge >= 0.3 is 6.09 Å². The number of aromatic hydroxyl groups is 1. The van der Waals surface area contributed by atoms with Crippen LogP contribution in [-0.2, 0) is 4.74 Å². The summed E-state index contributed by atoms with van der Waals surface area (Å²) < 4.78 is 4.68. The van der Waals surface area contributed by atoms with Gasteiger partial charge in [-0.3, -0.25) is 10.1 Å². The first kappa shape index (κ1) is 14.0. The van der Waals surface area contributed by atoms with E-state index in [9.17, 15) is 20.0 Å². The van der Waals surface area contributed by atoms with E-state index in [0.717, 1.165) is 0 Å². The van der Waals surface area contributed by atoms with Crippen molar-refractivity contribution < 1.29 is 19.6 Å². The fourth-order valence-electron chi connectivity index (χ4n) is 1.75. The Labute approximate surface area is 108 Å². The number of alkyl carbamates (subject to hydrolysis) is 1. The molecule has 0 saturated carbocycles. The number of hydrogen-bond donors (Lipinski definition) is 2. The van der Waals surface area contributed by atoms with Gasteiger partial charge in [-0.15, -0.1) is 12.4 Å². The van der Waals surface area contributed by atoms with Crippen LogP contribution in [-0.4, -0.2) is 22.7 Å². The smallest absolute Gasteiger partial charge is 0.407 e. The maximum absolute atomic E-state index is 11.0. The quantitative estimate of drug-likeness (QED) is 0.633. The molecule has 98 valence electrons. The van der Waals surface area contributed by atoms with Crippen molar-refractivity contribution in [3.8, 4) is 5.75 Å². The van der Waals surface area contributed by atoms with Gasteiger partial charge in [0, 0.05) is 12.5 Å². The zero-order chi connectivity index (χ0) is 12.4. The van der Waals surface area contributed by atoms with Gasteiger partial charge in [-0.1, -0.05) is 0 Å². The lowest BCUT2D eigenvalue weighted by Crippen LogP contribution is -2.35. The summed E-state index contributed by atoms with van der Waals surface area (Å²) in [4.78, 5) is 21.3. The summed E-state index contributed by atoms with van der Waals surface area (Å²) in [6, 6.07) is 3.23. The molecule has 1 saturated heterocycles. The highest BCUT2D eigenvalue weighted by Gasteiger charge is 2.27. The summed E-state index contributed by atoms with van der Waals surface area (Å²) in [6.07, 6.45) is -0.186. The van der Waals surface area contributed by atoms with Gasteiger partial charge in [0.25, 0.3) is 5.69 Å². The number of nitro benzene ring substituents is 1. The Bertz CT molecular complexity index is 479. The zero-order valence-corrected chi connectivity index (χ0v) is 9.98. The Kier molecular flexibility index (Phi) is 4.33. The molecule has 18 heavy (non-hydrogen) atoms. The highest BCUT2D eigenvalue weighted by molar-refractivity contribution is 5.85. The molecule has 1 aromatic carbocycles. The third-order valence-electron chi connectivity index (χ3n) is 2.51. The lowest BCUT2D eigenvalue weighted by Gasteiger charge is -2.23. The summed E-state index contributed by atoms with van der Waals surface area (Å²) in [5, 5.41) is 22.7. The number of nitrogens with one attached hydrogen (secondary N) is 1. The minimum atomic E-state index is -0.612. The van der Waals surface area contributed by atoms with E-state index in [4.69, 9.17) is 0 Å². The number of rotatable bonds is 2. The fraction of sp³-hybridized carbons (Fsp3) is 0.300. The van der Waals surface area contributed by atoms with Crippen LogP contribution in [0.2, 0.25) is 0 Å². The maximum atomic E-state index is 11.0. The molecule has 0 radical (unpaired) electrons. The monoisotopic (exact) mass is 274 g/mol. The molecule has 0 bridgehead atoms. The molecule has 1 heterocycles. The number of ether oxygens (including phenoxy) is 1. The number of cyclic esters (lactones) is 1. The number of carbonyl (C=O) groups excluding carboxylic acids is 1. The van der Waals surface area contributed by atoms with Crippen molar-refractivity contribution in [3.63, 3.8) is 0 Å². The van der Waals surface area contributed by atoms with Crippen molar-refractivity contribution in [1.82, 2.24) is 5.32 Å². The molecule has 8 heteroatoms. The summed E-state index contributed by atoms with van der Waals surface area (Å²) in [5.74, 6) is -0.0775. The molecule has 0 aliphatic carbocycles. The molecule has 2 rings (SSSR count). The van der Waals surface area contributed by atoms with Gasteiger partial charge in [0.1, 0.15) is 5.75 Å². The number of halogens is 1. The Morgan fingerprint density at radius 1 is 1.50 bits per heavy atom. The molecule has 1 amide bonds. The average Bonchev–Trinajstić information content (AvgIpc) is 2.28. The van der Waals surface area contributed by atoms with Gasteiger partial charge in [-0.05, 0) is 12.1 Å². The van der Waals surface area contributed by atoms with Crippen LogP contribution in [0.4, 0.5) is 10.5 Å². The Hall–Kier alpha value is -2.02. The number of nitrogens with zero attached hydrogens (tertiary/aromatic N) is 1. The molecule has 0 spiro atoms. The van der Waals surface area contributed by atoms with E-state index in [0.29, 0.717) is 6.42 Å². The molecular weight excluding hydrogens is 264 g/mol. The molecule has 0 aromatic heterocycles. The summed E-state index contributed by atoms with van der Waals surface area (Å²) in [7, 11) is 0. The third kappa shape index (κ3) is 2.80. The minimum absolute atomic E-state index is 0. The number of amides is 1. The van der Waals surface area contributed by atoms with Gasteiger partial charge in [0.05, 0.1) is 23.1 Å². The molecule has 2 N–H and O–H groups in total. The second-order valence-electron chi connectivity index (χ2n) is 3.62. The van der Waals surface area contributed by atoms with Crippen LogP contribution < -0.4 is 5.32 Å². The number of phenolic OH excluding ortho intramolecular Hbond substituents is 1. The van der Waals surface area contributed by atoms with Crippen molar-refractivity contribution in [2.75, 3.05) is 6.61 Å². The van der Waals surface area contributed by atoms with Crippen LogP contribution in [0.1, 0.15) is 18.0 Å². The van der Waals surface area contributed by atoms with E-state index in [2.05, 4.69) is 10.1 Å². The van der Waals surface area contributed by atoms with E-state index in [1.165, 1.54) is 18.2 Å². The lowest BCUT2D eigenvalue weighted by atomic mass is 10.0. The third-order valence-corrected chi connectivity index (χ3v) is 2.51. The average molecular weight is 275 g/mol. The van der Waals surface area contributed by atoms with Crippen molar-refractivity contribution in [2.45, 2.75) is 12.5 Å². The standard InChI is InChI=1S/C10H10N2O5.ClH/c13-6-1-2-9(12(15)16)7(5-6)8-3-4-17-10(14)11-8;/h1-2,5,8,13H,3-4H2,(H,11,14);1H/t8-;/m0./s1. The first-order valence-corrected chi connectivity index (χ1v) is 4.98. The number of phenols is 1. The van der Waals surface area contributed by atoms with Crippen LogP contribution in [0, 0.1) is 10.1 Å². The number of carbonyl (C=O) groups is 1. The first-order valence-electron chi connectivity index (χ1n) is 4.98. The number of nitro groups is 1. The van der Waals surface area contributed by atoms with Gasteiger partial charge < -0.3 is 15.2 Å². The van der Waals surface area contributed by atoms with Gasteiger partial charge in [-0.2, -0.15) is 0 Å². The van der Waals surface area contributed by atoms with Gasteiger partial charge in [0.2, 0.25) is 0 Å². The number of benzene rings is 1. The second kappa shape index (κ2) is 5.54. The lowest BCUT2D eigenvalue weighted by molar-refractivity contribution is -0.385. The topological polar surface area (TPSA) is 102 Å². The summed E-state index contributed by atoms with van der Waals surface area (Å²) in [5.41, 5.74) is 0.154. The van der Waals surface area contributed by atoms with E-state index in [-0.39, 0.29) is 36.0 Å². The van der Waals surface area contributed by atoms with E-state index >= 15 is 0 Å². The van der Waals surface area contributed by atoms with Crippen molar-refractivity contribution >= 4 is 24.2 Å². The van der Waals surface area contributed by atoms with Gasteiger partial charge in [-0.25, -0.2) is 4.79 Å². The normalized spacial score (nSPS) is 18.2. The molecule has 0 unspecified atom stereocenters. The SMILES string of the molecule is Cl.O=C1N[C@H](c2cc(O)ccc2[N+](=O)[O-])CCO1. The Morgan fingerprint density at radius 2 is 2.22 bits per heavy atom.